The molecule has 0 bridgehead atoms. The number of likely N-dealkylation sites (tertiary alicyclic amines) is 1. The van der Waals surface area contributed by atoms with Gasteiger partial charge in [-0.05, 0) is 68.2 Å². The van der Waals surface area contributed by atoms with Crippen LogP contribution in [0.15, 0.2) is 48.5 Å². The maximum absolute atomic E-state index is 13.1. The number of nitrogens with one attached hydrogen (secondary N) is 1. The number of anilines is 1. The van der Waals surface area contributed by atoms with Crippen LogP contribution in [0.1, 0.15) is 0 Å². The van der Waals surface area contributed by atoms with E-state index in [2.05, 4.69) is 24.3 Å². The van der Waals surface area contributed by atoms with Crippen molar-refractivity contribution in [3.8, 4) is 11.5 Å². The summed E-state index contributed by atoms with van der Waals surface area (Å²) in [6.07, 6.45) is 0. The molecule has 2 aromatic rings. The molecule has 1 saturated carbocycles. The fourth-order valence-corrected chi connectivity index (χ4v) is 3.99. The number of ether oxygens (including phenoxy) is 1. The number of fused-ring (bicyclic) bond motifs is 1. The minimum absolute atomic E-state index is 0.0963. The molecule has 5 nitrogen and oxygen atoms in total. The standard InChI is InChI=1S/C21H24FN3O2/c1-24(2)11-16-17-12-25(13-18(16)17)21(26)23-19-5-3-4-6-20(19)27-15-9-7-14(22)8-10-15/h3-10,16-18H,11-13H2,1-2H3,(H,23,26)/t16?,17-,18+. The van der Waals surface area contributed by atoms with E-state index in [-0.39, 0.29) is 11.8 Å². The topological polar surface area (TPSA) is 44.8 Å². The van der Waals surface area contributed by atoms with Gasteiger partial charge >= 0.3 is 6.03 Å². The molecule has 2 amide bonds. The Morgan fingerprint density at radius 3 is 2.48 bits per heavy atom. The van der Waals surface area contributed by atoms with E-state index in [1.807, 2.05) is 23.1 Å². The van der Waals surface area contributed by atoms with E-state index in [1.54, 1.807) is 18.2 Å². The summed E-state index contributed by atoms with van der Waals surface area (Å²) in [5, 5.41) is 2.96. The summed E-state index contributed by atoms with van der Waals surface area (Å²) in [4.78, 5) is 16.8. The molecule has 3 atom stereocenters. The molecule has 142 valence electrons. The van der Waals surface area contributed by atoms with Crippen LogP contribution in [-0.2, 0) is 0 Å². The maximum atomic E-state index is 13.1. The van der Waals surface area contributed by atoms with Crippen molar-refractivity contribution in [3.63, 3.8) is 0 Å². The zero-order valence-electron chi connectivity index (χ0n) is 15.6. The number of carbonyl (C=O) groups excluding carboxylic acids is 1. The van der Waals surface area contributed by atoms with Crippen LogP contribution in [0.4, 0.5) is 14.9 Å². The molecule has 1 saturated heterocycles. The summed E-state index contributed by atoms with van der Waals surface area (Å²) in [7, 11) is 4.19. The lowest BCUT2D eigenvalue weighted by Crippen LogP contribution is -2.36. The first-order valence-electron chi connectivity index (χ1n) is 9.24. The third-order valence-electron chi connectivity index (χ3n) is 5.40. The number of carbonyl (C=O) groups is 1. The van der Waals surface area contributed by atoms with Crippen molar-refractivity contribution in [1.82, 2.24) is 9.80 Å². The Morgan fingerprint density at radius 1 is 1.15 bits per heavy atom. The van der Waals surface area contributed by atoms with Crippen LogP contribution in [0.5, 0.6) is 11.5 Å². The second-order valence-corrected chi connectivity index (χ2v) is 7.64. The zero-order chi connectivity index (χ0) is 19.0. The van der Waals surface area contributed by atoms with Gasteiger partial charge < -0.3 is 19.9 Å². The third-order valence-corrected chi connectivity index (χ3v) is 5.40. The van der Waals surface area contributed by atoms with Gasteiger partial charge in [-0.2, -0.15) is 0 Å². The molecule has 2 fully saturated rings. The number of para-hydroxylation sites is 2. The fraction of sp³-hybridized carbons (Fsp3) is 0.381. The highest BCUT2D eigenvalue weighted by Crippen LogP contribution is 2.51. The van der Waals surface area contributed by atoms with Crippen LogP contribution in [0, 0.1) is 23.6 Å². The lowest BCUT2D eigenvalue weighted by molar-refractivity contribution is 0.212. The predicted molar refractivity (Wildman–Crippen MR) is 103 cm³/mol. The maximum Gasteiger partial charge on any atom is 0.321 e. The first kappa shape index (κ1) is 17.8. The molecule has 4 rings (SSSR count). The molecule has 2 aromatic carbocycles. The molecule has 1 N–H and O–H groups in total. The molecule has 2 aliphatic rings. The number of piperidine rings is 1. The number of rotatable bonds is 5. The van der Waals surface area contributed by atoms with Gasteiger partial charge in [0.15, 0.2) is 5.75 Å². The largest absolute Gasteiger partial charge is 0.455 e. The Hall–Kier alpha value is -2.60. The van der Waals surface area contributed by atoms with E-state index in [0.29, 0.717) is 29.0 Å². The van der Waals surface area contributed by atoms with Gasteiger partial charge in [0.25, 0.3) is 0 Å². The Morgan fingerprint density at radius 2 is 1.81 bits per heavy atom. The highest BCUT2D eigenvalue weighted by Gasteiger charge is 2.56. The SMILES string of the molecule is CN(C)CC1[C@H]2CN(C(=O)Nc3ccccc3Oc3ccc(F)cc3)C[C@@H]12. The van der Waals surface area contributed by atoms with Crippen molar-refractivity contribution < 1.29 is 13.9 Å². The van der Waals surface area contributed by atoms with E-state index in [0.717, 1.165) is 25.6 Å². The Labute approximate surface area is 158 Å². The Balaban J connectivity index is 1.37. The van der Waals surface area contributed by atoms with Crippen molar-refractivity contribution in [1.29, 1.82) is 0 Å². The van der Waals surface area contributed by atoms with Crippen LogP contribution in [0.2, 0.25) is 0 Å². The highest BCUT2D eigenvalue weighted by molar-refractivity contribution is 5.91. The average molecular weight is 369 g/mol. The molecule has 1 heterocycles. The molecule has 1 aliphatic carbocycles. The van der Waals surface area contributed by atoms with E-state index in [9.17, 15) is 9.18 Å². The number of halogens is 1. The number of hydrogen-bond donors (Lipinski definition) is 1. The van der Waals surface area contributed by atoms with Crippen molar-refractivity contribution >= 4 is 11.7 Å². The highest BCUT2D eigenvalue weighted by atomic mass is 19.1. The molecule has 0 spiro atoms. The number of amides is 2. The second kappa shape index (κ2) is 7.19. The summed E-state index contributed by atoms with van der Waals surface area (Å²) in [5.41, 5.74) is 0.609. The van der Waals surface area contributed by atoms with Gasteiger partial charge in [-0.1, -0.05) is 12.1 Å². The molecule has 27 heavy (non-hydrogen) atoms. The summed E-state index contributed by atoms with van der Waals surface area (Å²) >= 11 is 0. The van der Waals surface area contributed by atoms with Crippen LogP contribution in [0.25, 0.3) is 0 Å². The summed E-state index contributed by atoms with van der Waals surface area (Å²) < 4.78 is 18.9. The number of benzene rings is 2. The quantitative estimate of drug-likeness (QED) is 0.870. The Kier molecular flexibility index (Phi) is 4.74. The van der Waals surface area contributed by atoms with Crippen molar-refractivity contribution in [2.45, 2.75) is 0 Å². The first-order valence-corrected chi connectivity index (χ1v) is 9.24. The normalized spacial score (nSPS) is 23.3. The molecule has 6 heteroatoms. The second-order valence-electron chi connectivity index (χ2n) is 7.64. The average Bonchev–Trinajstić information content (AvgIpc) is 3.07. The van der Waals surface area contributed by atoms with Crippen LogP contribution in [0.3, 0.4) is 0 Å². The van der Waals surface area contributed by atoms with E-state index >= 15 is 0 Å². The van der Waals surface area contributed by atoms with Crippen molar-refractivity contribution in [3.05, 3.63) is 54.3 Å². The molecular formula is C21H24FN3O2. The van der Waals surface area contributed by atoms with Crippen LogP contribution >= 0.6 is 0 Å². The number of urea groups is 1. The molecule has 1 aliphatic heterocycles. The van der Waals surface area contributed by atoms with Crippen molar-refractivity contribution in [2.75, 3.05) is 39.0 Å². The predicted octanol–water partition coefficient (Wildman–Crippen LogP) is 3.89. The monoisotopic (exact) mass is 369 g/mol. The lowest BCUT2D eigenvalue weighted by Gasteiger charge is -2.22. The van der Waals surface area contributed by atoms with E-state index < -0.39 is 0 Å². The molecule has 1 unspecified atom stereocenters. The number of hydrogen-bond acceptors (Lipinski definition) is 3. The van der Waals surface area contributed by atoms with Gasteiger partial charge in [-0.3, -0.25) is 0 Å². The van der Waals surface area contributed by atoms with Crippen LogP contribution < -0.4 is 10.1 Å². The Bertz CT molecular complexity index is 812. The summed E-state index contributed by atoms with van der Waals surface area (Å²) in [6, 6.07) is 13.0. The summed E-state index contributed by atoms with van der Waals surface area (Å²) in [5.74, 6) is 2.72. The number of nitrogens with zero attached hydrogens (tertiary/aromatic N) is 2. The molecular weight excluding hydrogens is 345 g/mol. The zero-order valence-corrected chi connectivity index (χ0v) is 15.6. The van der Waals surface area contributed by atoms with Gasteiger partial charge in [0.1, 0.15) is 11.6 Å². The molecule has 0 aromatic heterocycles. The summed E-state index contributed by atoms with van der Waals surface area (Å²) in [6.45, 7) is 2.73. The van der Waals surface area contributed by atoms with E-state index in [1.165, 1.54) is 12.1 Å². The molecule has 0 radical (unpaired) electrons. The fourth-order valence-electron chi connectivity index (χ4n) is 3.99. The van der Waals surface area contributed by atoms with Gasteiger partial charge in [0.05, 0.1) is 5.69 Å². The van der Waals surface area contributed by atoms with Crippen molar-refractivity contribution in [2.24, 2.45) is 17.8 Å². The lowest BCUT2D eigenvalue weighted by atomic mass is 10.2. The van der Waals surface area contributed by atoms with Gasteiger partial charge in [-0.25, -0.2) is 9.18 Å². The van der Waals surface area contributed by atoms with Gasteiger partial charge in [0, 0.05) is 19.6 Å². The minimum atomic E-state index is -0.316. The van der Waals surface area contributed by atoms with E-state index in [4.69, 9.17) is 4.74 Å². The smallest absolute Gasteiger partial charge is 0.321 e. The minimum Gasteiger partial charge on any atom is -0.455 e. The van der Waals surface area contributed by atoms with Crippen LogP contribution in [-0.4, -0.2) is 49.6 Å². The van der Waals surface area contributed by atoms with Gasteiger partial charge in [0.2, 0.25) is 0 Å². The third kappa shape index (κ3) is 3.90. The van der Waals surface area contributed by atoms with Gasteiger partial charge in [-0.15, -0.1) is 0 Å². The first-order chi connectivity index (χ1) is 13.0.